The highest BCUT2D eigenvalue weighted by Crippen LogP contribution is 2.32. The van der Waals surface area contributed by atoms with Gasteiger partial charge in [0.1, 0.15) is 11.5 Å². The van der Waals surface area contributed by atoms with E-state index in [-0.39, 0.29) is 16.8 Å². The number of thiazole rings is 1. The van der Waals surface area contributed by atoms with Crippen LogP contribution in [0.25, 0.3) is 17.4 Å². The van der Waals surface area contributed by atoms with Gasteiger partial charge in [0.25, 0.3) is 11.2 Å². The van der Waals surface area contributed by atoms with Crippen LogP contribution in [0, 0.1) is 10.1 Å². The molecule has 1 aliphatic heterocycles. The fourth-order valence-electron chi connectivity index (χ4n) is 4.20. The number of carbonyl (C=O) groups is 1. The van der Waals surface area contributed by atoms with Crippen molar-refractivity contribution in [2.45, 2.75) is 13.0 Å². The lowest BCUT2D eigenvalue weighted by molar-refractivity contribution is -0.384. The molecule has 2 aromatic carbocycles. The van der Waals surface area contributed by atoms with E-state index in [9.17, 15) is 19.7 Å². The number of aromatic nitrogens is 1. The van der Waals surface area contributed by atoms with E-state index in [0.717, 1.165) is 11.3 Å². The quantitative estimate of drug-likeness (QED) is 0.214. The highest BCUT2D eigenvalue weighted by molar-refractivity contribution is 7.07. The summed E-state index contributed by atoms with van der Waals surface area (Å²) in [6, 6.07) is 15.6. The minimum atomic E-state index is -0.762. The van der Waals surface area contributed by atoms with Gasteiger partial charge in [-0.1, -0.05) is 47.2 Å². The van der Waals surface area contributed by atoms with Gasteiger partial charge in [-0.05, 0) is 42.8 Å². The summed E-state index contributed by atoms with van der Waals surface area (Å²) in [6.07, 6.45) is 1.55. The van der Waals surface area contributed by atoms with Crippen LogP contribution < -0.4 is 14.9 Å². The number of fused-ring (bicyclic) bond motifs is 1. The van der Waals surface area contributed by atoms with Crippen LogP contribution in [-0.2, 0) is 9.53 Å². The molecule has 0 spiro atoms. The lowest BCUT2D eigenvalue weighted by Gasteiger charge is -2.24. The predicted molar refractivity (Wildman–Crippen MR) is 138 cm³/mol. The molecular weight excluding hydrogens is 518 g/mol. The van der Waals surface area contributed by atoms with Crippen LogP contribution in [-0.4, -0.2) is 22.6 Å². The molecule has 0 amide bonds. The summed E-state index contributed by atoms with van der Waals surface area (Å²) in [6.45, 7) is 1.69. The number of methoxy groups -OCH3 is 1. The zero-order chi connectivity index (χ0) is 26.3. The van der Waals surface area contributed by atoms with Crippen molar-refractivity contribution < 1.29 is 18.9 Å². The van der Waals surface area contributed by atoms with E-state index in [1.165, 1.54) is 17.7 Å². The molecule has 5 rings (SSSR count). The first-order valence-corrected chi connectivity index (χ1v) is 12.2. The Kier molecular flexibility index (Phi) is 6.36. The molecule has 37 heavy (non-hydrogen) atoms. The molecule has 3 heterocycles. The van der Waals surface area contributed by atoms with Gasteiger partial charge in [-0.25, -0.2) is 9.79 Å². The fourth-order valence-corrected chi connectivity index (χ4v) is 5.35. The van der Waals surface area contributed by atoms with Gasteiger partial charge in [0.15, 0.2) is 4.80 Å². The second-order valence-electron chi connectivity index (χ2n) is 8.10. The smallest absolute Gasteiger partial charge is 0.338 e. The maximum Gasteiger partial charge on any atom is 0.338 e. The van der Waals surface area contributed by atoms with Crippen molar-refractivity contribution >= 4 is 40.7 Å². The maximum absolute atomic E-state index is 13.6. The van der Waals surface area contributed by atoms with Crippen LogP contribution in [0.3, 0.4) is 0 Å². The number of halogens is 1. The minimum absolute atomic E-state index is 0.0865. The number of esters is 1. The van der Waals surface area contributed by atoms with Crippen molar-refractivity contribution in [2.24, 2.45) is 4.99 Å². The van der Waals surface area contributed by atoms with E-state index >= 15 is 0 Å². The third-order valence-electron chi connectivity index (χ3n) is 5.88. The molecule has 0 radical (unpaired) electrons. The van der Waals surface area contributed by atoms with E-state index in [2.05, 4.69) is 4.99 Å². The summed E-state index contributed by atoms with van der Waals surface area (Å²) in [7, 11) is 1.28. The molecule has 0 N–H and O–H groups in total. The van der Waals surface area contributed by atoms with E-state index in [1.54, 1.807) is 67.6 Å². The van der Waals surface area contributed by atoms with Crippen LogP contribution in [0.4, 0.5) is 5.69 Å². The number of para-hydroxylation sites is 1. The zero-order valence-electron chi connectivity index (χ0n) is 19.5. The molecule has 0 unspecified atom stereocenters. The Balaban J connectivity index is 1.64. The third-order valence-corrected chi connectivity index (χ3v) is 7.11. The second kappa shape index (κ2) is 9.64. The number of benzene rings is 2. The van der Waals surface area contributed by atoms with E-state index in [0.29, 0.717) is 42.7 Å². The van der Waals surface area contributed by atoms with Gasteiger partial charge in [-0.3, -0.25) is 19.5 Å². The summed E-state index contributed by atoms with van der Waals surface area (Å²) in [5.41, 5.74) is 1.23. The number of hydrogen-bond acceptors (Lipinski definition) is 8. The number of nitro groups is 1. The van der Waals surface area contributed by atoms with Crippen molar-refractivity contribution in [1.82, 2.24) is 4.57 Å². The van der Waals surface area contributed by atoms with Crippen LogP contribution in [0.15, 0.2) is 86.1 Å². The van der Waals surface area contributed by atoms with Crippen molar-refractivity contribution in [3.05, 3.63) is 118 Å². The Bertz CT molecular complexity index is 1760. The first-order chi connectivity index (χ1) is 17.8. The van der Waals surface area contributed by atoms with Crippen molar-refractivity contribution in [2.75, 3.05) is 7.11 Å². The molecule has 2 aromatic heterocycles. The molecule has 4 aromatic rings. The average molecular weight is 536 g/mol. The first kappa shape index (κ1) is 24.4. The number of ether oxygens (including phenoxy) is 1. The Morgan fingerprint density at radius 1 is 1.19 bits per heavy atom. The minimum Gasteiger partial charge on any atom is -0.466 e. The summed E-state index contributed by atoms with van der Waals surface area (Å²) in [5, 5.41) is 11.9. The molecule has 11 heteroatoms. The van der Waals surface area contributed by atoms with Gasteiger partial charge >= 0.3 is 5.97 Å². The Hall–Kier alpha value is -4.28. The molecule has 0 saturated carbocycles. The van der Waals surface area contributed by atoms with E-state index in [4.69, 9.17) is 20.8 Å². The van der Waals surface area contributed by atoms with Crippen molar-refractivity contribution in [1.29, 1.82) is 0 Å². The number of rotatable bonds is 5. The lowest BCUT2D eigenvalue weighted by Crippen LogP contribution is -2.39. The highest BCUT2D eigenvalue weighted by atomic mass is 35.5. The van der Waals surface area contributed by atoms with Crippen molar-refractivity contribution in [3.63, 3.8) is 0 Å². The van der Waals surface area contributed by atoms with Gasteiger partial charge in [-0.2, -0.15) is 0 Å². The standard InChI is InChI=1S/C26H18ClN3O6S/c1-14-22(25(32)35-2)23(15-7-9-16(27)10-8-15)29-24(31)21(37-26(29)28-14)13-17-11-12-20(36-17)18-5-3-4-6-19(18)30(33)34/h3-13,23H,1-2H3/b21-13+/t23-/m1/s1. The maximum atomic E-state index is 13.6. The normalized spacial score (nSPS) is 15.3. The number of furan rings is 1. The molecule has 186 valence electrons. The van der Waals surface area contributed by atoms with Gasteiger partial charge in [-0.15, -0.1) is 0 Å². The van der Waals surface area contributed by atoms with E-state index in [1.807, 2.05) is 0 Å². The summed E-state index contributed by atoms with van der Waals surface area (Å²) in [5.74, 6) is 0.0511. The molecule has 0 bridgehead atoms. The van der Waals surface area contributed by atoms with Crippen molar-refractivity contribution in [3.8, 4) is 11.3 Å². The highest BCUT2D eigenvalue weighted by Gasteiger charge is 2.33. The fraction of sp³-hybridized carbons (Fsp3) is 0.115. The molecule has 1 aliphatic rings. The molecular formula is C26H18ClN3O6S. The Morgan fingerprint density at radius 2 is 1.92 bits per heavy atom. The number of hydrogen-bond donors (Lipinski definition) is 0. The topological polar surface area (TPSA) is 117 Å². The number of nitro benzene ring substituents is 1. The average Bonchev–Trinajstić information content (AvgIpc) is 3.47. The van der Waals surface area contributed by atoms with Gasteiger partial charge in [0.05, 0.1) is 39.4 Å². The Labute approximate surface area is 218 Å². The van der Waals surface area contributed by atoms with Crippen LogP contribution in [0.2, 0.25) is 5.02 Å². The molecule has 0 fully saturated rings. The molecule has 1 atom stereocenters. The summed E-state index contributed by atoms with van der Waals surface area (Å²) < 4.78 is 12.6. The van der Waals surface area contributed by atoms with Crippen LogP contribution in [0.5, 0.6) is 0 Å². The Morgan fingerprint density at radius 3 is 2.62 bits per heavy atom. The summed E-state index contributed by atoms with van der Waals surface area (Å²) >= 11 is 7.21. The summed E-state index contributed by atoms with van der Waals surface area (Å²) in [4.78, 5) is 42.1. The SMILES string of the molecule is COC(=O)C1=C(C)N=c2s/c(=C/c3ccc(-c4ccccc4[N+](=O)[O-])o3)c(=O)n2[C@@H]1c1ccc(Cl)cc1. The van der Waals surface area contributed by atoms with Gasteiger partial charge in [0, 0.05) is 17.2 Å². The van der Waals surface area contributed by atoms with E-state index < -0.39 is 16.9 Å². The van der Waals surface area contributed by atoms with Crippen LogP contribution in [0.1, 0.15) is 24.3 Å². The lowest BCUT2D eigenvalue weighted by atomic mass is 9.96. The molecule has 0 saturated heterocycles. The molecule has 0 aliphatic carbocycles. The zero-order valence-corrected chi connectivity index (χ0v) is 21.1. The number of nitrogens with zero attached hydrogens (tertiary/aromatic N) is 3. The van der Waals surface area contributed by atoms with Gasteiger partial charge in [0.2, 0.25) is 0 Å². The van der Waals surface area contributed by atoms with Gasteiger partial charge < -0.3 is 9.15 Å². The first-order valence-electron chi connectivity index (χ1n) is 11.0. The third kappa shape index (κ3) is 4.41. The largest absolute Gasteiger partial charge is 0.466 e. The monoisotopic (exact) mass is 535 g/mol. The molecule has 9 nitrogen and oxygen atoms in total. The second-order valence-corrected chi connectivity index (χ2v) is 9.55. The number of allylic oxidation sites excluding steroid dienone is 1. The van der Waals surface area contributed by atoms with Crippen LogP contribution >= 0.6 is 22.9 Å². The predicted octanol–water partition coefficient (Wildman–Crippen LogP) is 4.23. The number of carbonyl (C=O) groups excluding carboxylic acids is 1.